The second-order valence-electron chi connectivity index (χ2n) is 6.53. The molecule has 1 atom stereocenters. The van der Waals surface area contributed by atoms with Crippen molar-refractivity contribution >= 4 is 21.3 Å². The Bertz CT molecular complexity index is 810. The van der Waals surface area contributed by atoms with E-state index < -0.39 is 27.4 Å². The van der Waals surface area contributed by atoms with Gasteiger partial charge in [0.25, 0.3) is 0 Å². The molecule has 1 amide bonds. The number of nitrogens with one attached hydrogen (secondary N) is 1. The molecule has 1 aromatic carbocycles. The molecule has 7 nitrogen and oxygen atoms in total. The molecule has 26 heavy (non-hydrogen) atoms. The number of likely N-dealkylation sites (N-methyl/N-ethyl adjacent to an activating group) is 1. The van der Waals surface area contributed by atoms with Crippen LogP contribution in [0.1, 0.15) is 24.3 Å². The van der Waals surface area contributed by atoms with E-state index in [9.17, 15) is 18.5 Å². The number of hydrogen-bond acceptors (Lipinski definition) is 6. The lowest BCUT2D eigenvalue weighted by Crippen LogP contribution is -2.56. The highest BCUT2D eigenvalue weighted by molar-refractivity contribution is 7.93. The van der Waals surface area contributed by atoms with Crippen molar-refractivity contribution in [1.29, 1.82) is 0 Å². The molecule has 0 aliphatic carbocycles. The third-order valence-electron chi connectivity index (χ3n) is 5.15. The van der Waals surface area contributed by atoms with Gasteiger partial charge in [-0.05, 0) is 36.5 Å². The first-order valence-corrected chi connectivity index (χ1v) is 10.4. The molecular weight excluding hydrogens is 361 g/mol. The number of amides is 1. The maximum Gasteiger partial charge on any atom is 0.333 e. The third-order valence-corrected chi connectivity index (χ3v) is 7.56. The first-order valence-electron chi connectivity index (χ1n) is 8.59. The van der Waals surface area contributed by atoms with Crippen molar-refractivity contribution in [3.05, 3.63) is 29.6 Å². The minimum absolute atomic E-state index is 0.00646. The smallest absolute Gasteiger partial charge is 0.333 e. The number of hydrogen-bond donors (Lipinski definition) is 2. The van der Waals surface area contributed by atoms with E-state index in [2.05, 4.69) is 9.68 Å². The van der Waals surface area contributed by atoms with Crippen molar-refractivity contribution in [3.8, 4) is 0 Å². The predicted octanol–water partition coefficient (Wildman–Crippen LogP) is 1.03. The second kappa shape index (κ2) is 7.13. The topological polar surface area (TPSA) is 91.2 Å². The highest BCUT2D eigenvalue weighted by atomic mass is 32.2. The summed E-state index contributed by atoms with van der Waals surface area (Å²) in [5.74, 6) is -2.29. The molecule has 9 heteroatoms. The van der Waals surface area contributed by atoms with E-state index in [4.69, 9.17) is 4.74 Å². The Labute approximate surface area is 152 Å². The number of benzene rings is 1. The fourth-order valence-electron chi connectivity index (χ4n) is 3.57. The van der Waals surface area contributed by atoms with Crippen LogP contribution in [0.3, 0.4) is 0 Å². The van der Waals surface area contributed by atoms with Gasteiger partial charge in [-0.1, -0.05) is 6.07 Å². The lowest BCUT2D eigenvalue weighted by Gasteiger charge is -2.32. The fourth-order valence-corrected chi connectivity index (χ4v) is 5.45. The number of aliphatic hydroxyl groups is 1. The van der Waals surface area contributed by atoms with Gasteiger partial charge >= 0.3 is 11.8 Å². The van der Waals surface area contributed by atoms with E-state index in [1.807, 2.05) is 0 Å². The summed E-state index contributed by atoms with van der Waals surface area (Å²) >= 11 is 0. The molecule has 3 rings (SSSR count). The molecule has 0 bridgehead atoms. The molecule has 0 aromatic heterocycles. The number of carbonyl (C=O) groups is 1. The molecule has 0 radical (unpaired) electrons. The average molecular weight is 385 g/mol. The molecule has 2 fully saturated rings. The minimum atomic E-state index is -2.14. The normalized spacial score (nSPS) is 31.7. The summed E-state index contributed by atoms with van der Waals surface area (Å²) in [7, 11) is 0.839. The molecule has 2 saturated heterocycles. The molecular formula is C17H24FN3O4S. The number of halogens is 1. The summed E-state index contributed by atoms with van der Waals surface area (Å²) in [5, 5.41) is 12.8. The monoisotopic (exact) mass is 385 g/mol. The predicted molar refractivity (Wildman–Crippen MR) is 96.9 cm³/mol. The second-order valence-corrected chi connectivity index (χ2v) is 9.26. The fraction of sp³-hybridized carbons (Fsp3) is 0.588. The molecule has 2 heterocycles. The zero-order valence-corrected chi connectivity index (χ0v) is 15.7. The van der Waals surface area contributed by atoms with Gasteiger partial charge in [-0.2, -0.15) is 0 Å². The van der Waals surface area contributed by atoms with E-state index in [0.717, 1.165) is 0 Å². The Kier molecular flexibility index (Phi) is 5.23. The van der Waals surface area contributed by atoms with Crippen molar-refractivity contribution in [2.45, 2.75) is 24.7 Å². The molecule has 0 saturated carbocycles. The van der Waals surface area contributed by atoms with Crippen LogP contribution in [0.5, 0.6) is 0 Å². The van der Waals surface area contributed by atoms with Crippen LogP contribution >= 0.6 is 0 Å². The Morgan fingerprint density at radius 2 is 2.15 bits per heavy atom. The van der Waals surface area contributed by atoms with Crippen molar-refractivity contribution in [1.82, 2.24) is 5.32 Å². The van der Waals surface area contributed by atoms with E-state index in [-0.39, 0.29) is 19.1 Å². The maximum absolute atomic E-state index is 14.8. The third kappa shape index (κ3) is 3.30. The van der Waals surface area contributed by atoms with Crippen LogP contribution in [0.15, 0.2) is 22.6 Å². The van der Waals surface area contributed by atoms with Crippen molar-refractivity contribution in [3.63, 3.8) is 0 Å². The molecule has 144 valence electrons. The van der Waals surface area contributed by atoms with Crippen LogP contribution in [0, 0.1) is 5.82 Å². The van der Waals surface area contributed by atoms with Crippen LogP contribution in [-0.2, 0) is 19.3 Å². The summed E-state index contributed by atoms with van der Waals surface area (Å²) in [6.07, 6.45) is 1.25. The number of rotatable bonds is 3. The first-order chi connectivity index (χ1) is 12.3. The van der Waals surface area contributed by atoms with Gasteiger partial charge in [0.2, 0.25) is 0 Å². The van der Waals surface area contributed by atoms with Gasteiger partial charge in [0.15, 0.2) is 0 Å². The molecule has 0 unspecified atom stereocenters. The summed E-state index contributed by atoms with van der Waals surface area (Å²) in [6.45, 7) is 0.428. The lowest BCUT2D eigenvalue weighted by molar-refractivity contribution is -0.187. The highest BCUT2D eigenvalue weighted by Gasteiger charge is 2.48. The summed E-state index contributed by atoms with van der Waals surface area (Å²) < 4.78 is 36.2. The van der Waals surface area contributed by atoms with E-state index in [0.29, 0.717) is 35.6 Å². The van der Waals surface area contributed by atoms with Crippen molar-refractivity contribution < 1.29 is 23.2 Å². The first kappa shape index (κ1) is 19.1. The van der Waals surface area contributed by atoms with Gasteiger partial charge in [-0.25, -0.2) is 13.0 Å². The summed E-state index contributed by atoms with van der Waals surface area (Å²) in [5.41, 5.74) is 0.938. The van der Waals surface area contributed by atoms with E-state index in [1.54, 1.807) is 19.2 Å². The van der Waals surface area contributed by atoms with Gasteiger partial charge in [0.1, 0.15) is 5.82 Å². The van der Waals surface area contributed by atoms with Crippen molar-refractivity contribution in [2.75, 3.05) is 43.7 Å². The van der Waals surface area contributed by atoms with Gasteiger partial charge in [0, 0.05) is 47.6 Å². The zero-order chi connectivity index (χ0) is 18.9. The van der Waals surface area contributed by atoms with Crippen molar-refractivity contribution in [2.24, 2.45) is 4.36 Å². The molecule has 1 aromatic rings. The standard InChI is InChI=1S/C17H24FN3O4S/c1-19-16(22)17(23)21(7-8-25-17)13-3-4-14(15(18)11-13)12-5-9-26(24,20-2)10-6-12/h3-4,11-12,23H,5-10H2,1-2H3,(H,19,22)/t12?,17-,26?/m0/s1. The quantitative estimate of drug-likeness (QED) is 0.811. The molecule has 0 spiro atoms. The van der Waals surface area contributed by atoms with E-state index >= 15 is 0 Å². The van der Waals surface area contributed by atoms with Gasteiger partial charge in [-0.15, -0.1) is 0 Å². The largest absolute Gasteiger partial charge is 0.353 e. The van der Waals surface area contributed by atoms with Crippen LogP contribution < -0.4 is 10.2 Å². The van der Waals surface area contributed by atoms with Crippen LogP contribution in [0.2, 0.25) is 0 Å². The van der Waals surface area contributed by atoms with Crippen LogP contribution in [-0.4, -0.2) is 59.9 Å². The number of ether oxygens (including phenoxy) is 1. The van der Waals surface area contributed by atoms with E-state index in [1.165, 1.54) is 18.0 Å². The molecule has 2 aliphatic heterocycles. The Morgan fingerprint density at radius 1 is 1.46 bits per heavy atom. The van der Waals surface area contributed by atoms with Gasteiger partial charge in [0.05, 0.1) is 6.61 Å². The Morgan fingerprint density at radius 3 is 2.73 bits per heavy atom. The Balaban J connectivity index is 1.82. The average Bonchev–Trinajstić information content (AvgIpc) is 3.05. The maximum atomic E-state index is 14.8. The van der Waals surface area contributed by atoms with Gasteiger partial charge < -0.3 is 20.1 Å². The Hall–Kier alpha value is -1.71. The minimum Gasteiger partial charge on any atom is -0.353 e. The highest BCUT2D eigenvalue weighted by Crippen LogP contribution is 2.35. The number of anilines is 1. The SMILES string of the molecule is CN=S1(=O)CCC(c2ccc(N3CCO[C@@]3(O)C(=O)NC)cc2F)CC1. The number of nitrogens with zero attached hydrogens (tertiary/aromatic N) is 2. The summed E-state index contributed by atoms with van der Waals surface area (Å²) in [6, 6.07) is 4.67. The lowest BCUT2D eigenvalue weighted by atomic mass is 9.93. The molecule has 2 aliphatic rings. The summed E-state index contributed by atoms with van der Waals surface area (Å²) in [4.78, 5) is 13.3. The molecule has 2 N–H and O–H groups in total. The zero-order valence-electron chi connectivity index (χ0n) is 14.9. The number of carbonyl (C=O) groups excluding carboxylic acids is 1. The van der Waals surface area contributed by atoms with Crippen LogP contribution in [0.25, 0.3) is 0 Å². The van der Waals surface area contributed by atoms with Crippen LogP contribution in [0.4, 0.5) is 10.1 Å². The van der Waals surface area contributed by atoms with Gasteiger partial charge in [-0.3, -0.25) is 4.79 Å².